The van der Waals surface area contributed by atoms with Crippen molar-refractivity contribution in [2.75, 3.05) is 19.5 Å². The fourth-order valence-corrected chi connectivity index (χ4v) is 3.32. The van der Waals surface area contributed by atoms with Crippen molar-refractivity contribution in [2.45, 2.75) is 0 Å². The van der Waals surface area contributed by atoms with Crippen molar-refractivity contribution in [1.82, 2.24) is 14.4 Å². The molecule has 0 fully saturated rings. The number of benzene rings is 2. The Bertz CT molecular complexity index is 1160. The zero-order valence-electron chi connectivity index (χ0n) is 15.2. The first-order chi connectivity index (χ1) is 13.6. The van der Waals surface area contributed by atoms with Crippen LogP contribution in [0.5, 0.6) is 17.2 Å². The van der Waals surface area contributed by atoms with Gasteiger partial charge in [-0.1, -0.05) is 15.9 Å². The Morgan fingerprint density at radius 2 is 1.89 bits per heavy atom. The highest BCUT2D eigenvalue weighted by atomic mass is 79.9. The molecule has 0 bridgehead atoms. The summed E-state index contributed by atoms with van der Waals surface area (Å²) in [6.45, 7) is 0. The number of nitrogens with zero attached hydrogens (tertiary/aromatic N) is 3. The van der Waals surface area contributed by atoms with Gasteiger partial charge in [0.15, 0.2) is 17.1 Å². The van der Waals surface area contributed by atoms with Crippen molar-refractivity contribution in [3.63, 3.8) is 0 Å². The van der Waals surface area contributed by atoms with E-state index in [1.54, 1.807) is 38.7 Å². The number of hydrogen-bond acceptors (Lipinski definition) is 6. The van der Waals surface area contributed by atoms with Crippen LogP contribution in [-0.4, -0.2) is 33.7 Å². The number of nitrogens with one attached hydrogen (secondary N) is 1. The summed E-state index contributed by atoms with van der Waals surface area (Å²) >= 11 is 3.45. The first-order valence-corrected chi connectivity index (χ1v) is 9.20. The second-order valence-electron chi connectivity index (χ2n) is 5.97. The molecular weight excluding hydrogens is 424 g/mol. The average Bonchev–Trinajstić information content (AvgIpc) is 3.08. The van der Waals surface area contributed by atoms with Gasteiger partial charge in [0.1, 0.15) is 17.3 Å². The lowest BCUT2D eigenvalue weighted by Gasteiger charge is -2.13. The Morgan fingerprint density at radius 1 is 1.07 bits per heavy atom. The SMILES string of the molecule is COc1ccc(Nc2c(-c3cc(Br)ccc3O)nc3cnccn23)cc1OC. The molecule has 2 aromatic carbocycles. The number of halogens is 1. The van der Waals surface area contributed by atoms with Crippen LogP contribution in [0.1, 0.15) is 0 Å². The zero-order valence-corrected chi connectivity index (χ0v) is 16.8. The van der Waals surface area contributed by atoms with Crippen LogP contribution in [0.25, 0.3) is 16.9 Å². The van der Waals surface area contributed by atoms with Gasteiger partial charge in [0.2, 0.25) is 0 Å². The number of phenolic OH excluding ortho intramolecular Hbond substituents is 1. The molecule has 7 nitrogen and oxygen atoms in total. The third-order valence-corrected chi connectivity index (χ3v) is 4.78. The molecule has 0 radical (unpaired) electrons. The summed E-state index contributed by atoms with van der Waals surface area (Å²) in [5.41, 5.74) is 2.63. The molecule has 0 aliphatic carbocycles. The molecule has 0 atom stereocenters. The minimum atomic E-state index is 0.134. The van der Waals surface area contributed by atoms with Crippen LogP contribution in [0, 0.1) is 0 Å². The molecule has 2 aromatic heterocycles. The molecule has 0 saturated carbocycles. The van der Waals surface area contributed by atoms with Crippen molar-refractivity contribution in [2.24, 2.45) is 0 Å². The first-order valence-electron chi connectivity index (χ1n) is 8.40. The molecule has 0 aliphatic heterocycles. The number of fused-ring (bicyclic) bond motifs is 1. The maximum absolute atomic E-state index is 10.4. The Hall–Kier alpha value is -3.26. The average molecular weight is 441 g/mol. The van der Waals surface area contributed by atoms with Crippen LogP contribution in [-0.2, 0) is 0 Å². The molecule has 28 heavy (non-hydrogen) atoms. The van der Waals surface area contributed by atoms with Gasteiger partial charge in [0.25, 0.3) is 0 Å². The highest BCUT2D eigenvalue weighted by Gasteiger charge is 2.18. The van der Waals surface area contributed by atoms with Gasteiger partial charge in [-0.25, -0.2) is 4.98 Å². The van der Waals surface area contributed by atoms with Gasteiger partial charge in [-0.05, 0) is 30.3 Å². The van der Waals surface area contributed by atoms with E-state index in [-0.39, 0.29) is 5.75 Å². The number of phenols is 1. The number of hydrogen-bond donors (Lipinski definition) is 2. The van der Waals surface area contributed by atoms with Gasteiger partial charge in [0, 0.05) is 34.2 Å². The summed E-state index contributed by atoms with van der Waals surface area (Å²) in [7, 11) is 3.18. The highest BCUT2D eigenvalue weighted by molar-refractivity contribution is 9.10. The largest absolute Gasteiger partial charge is 0.507 e. The van der Waals surface area contributed by atoms with Crippen LogP contribution in [0.15, 0.2) is 59.5 Å². The topological polar surface area (TPSA) is 80.9 Å². The Kier molecular flexibility index (Phi) is 4.79. The van der Waals surface area contributed by atoms with E-state index in [2.05, 4.69) is 31.2 Å². The number of aromatic hydroxyl groups is 1. The number of anilines is 2. The normalized spacial score (nSPS) is 10.8. The Morgan fingerprint density at radius 3 is 2.68 bits per heavy atom. The third kappa shape index (κ3) is 3.22. The van der Waals surface area contributed by atoms with Crippen LogP contribution in [0.4, 0.5) is 11.5 Å². The van der Waals surface area contributed by atoms with Crippen LogP contribution < -0.4 is 14.8 Å². The van der Waals surface area contributed by atoms with Crippen molar-refractivity contribution in [1.29, 1.82) is 0 Å². The van der Waals surface area contributed by atoms with E-state index in [9.17, 15) is 5.11 Å². The fourth-order valence-electron chi connectivity index (χ4n) is 2.96. The first kappa shape index (κ1) is 18.1. The van der Waals surface area contributed by atoms with Gasteiger partial charge in [-0.3, -0.25) is 9.38 Å². The second kappa shape index (κ2) is 7.40. The number of imidazole rings is 1. The maximum Gasteiger partial charge on any atom is 0.162 e. The number of ether oxygens (including phenoxy) is 2. The van der Waals surface area contributed by atoms with E-state index < -0.39 is 0 Å². The summed E-state index contributed by atoms with van der Waals surface area (Å²) in [5.74, 6) is 2.07. The molecule has 8 heteroatoms. The summed E-state index contributed by atoms with van der Waals surface area (Å²) in [5, 5.41) is 13.8. The van der Waals surface area contributed by atoms with Crippen LogP contribution in [0.3, 0.4) is 0 Å². The zero-order chi connectivity index (χ0) is 19.7. The maximum atomic E-state index is 10.4. The molecule has 2 heterocycles. The number of rotatable bonds is 5. The molecule has 0 aliphatic rings. The van der Waals surface area contributed by atoms with Gasteiger partial charge < -0.3 is 19.9 Å². The van der Waals surface area contributed by atoms with Gasteiger partial charge in [-0.2, -0.15) is 0 Å². The molecular formula is C20H17BrN4O3. The monoisotopic (exact) mass is 440 g/mol. The molecule has 142 valence electrons. The van der Waals surface area contributed by atoms with Crippen molar-refractivity contribution in [3.8, 4) is 28.5 Å². The fraction of sp³-hybridized carbons (Fsp3) is 0.100. The summed E-state index contributed by atoms with van der Waals surface area (Å²) in [6.07, 6.45) is 5.15. The third-order valence-electron chi connectivity index (χ3n) is 4.29. The predicted octanol–water partition coefficient (Wildman–Crippen LogP) is 4.63. The molecule has 4 aromatic rings. The van der Waals surface area contributed by atoms with E-state index >= 15 is 0 Å². The summed E-state index contributed by atoms with van der Waals surface area (Å²) in [6, 6.07) is 10.8. The van der Waals surface area contributed by atoms with Gasteiger partial charge in [-0.15, -0.1) is 0 Å². The van der Waals surface area contributed by atoms with Crippen LogP contribution >= 0.6 is 15.9 Å². The van der Waals surface area contributed by atoms with Crippen LogP contribution in [0.2, 0.25) is 0 Å². The van der Waals surface area contributed by atoms with E-state index in [0.29, 0.717) is 34.2 Å². The Labute approximate surface area is 169 Å². The quantitative estimate of drug-likeness (QED) is 0.470. The predicted molar refractivity (Wildman–Crippen MR) is 111 cm³/mol. The standard InChI is InChI=1S/C20H17BrN4O3/c1-27-16-6-4-13(10-17(16)28-2)23-20-19(14-9-12(21)3-5-15(14)26)24-18-11-22-7-8-25(18)20/h3-11,23,26H,1-2H3. The molecule has 0 amide bonds. The molecule has 0 spiro atoms. The summed E-state index contributed by atoms with van der Waals surface area (Å²) in [4.78, 5) is 8.80. The van der Waals surface area contributed by atoms with Crippen molar-refractivity contribution >= 4 is 33.1 Å². The minimum absolute atomic E-state index is 0.134. The lowest BCUT2D eigenvalue weighted by atomic mass is 10.1. The molecule has 0 saturated heterocycles. The van der Waals surface area contributed by atoms with Gasteiger partial charge in [0.05, 0.1) is 20.4 Å². The van der Waals surface area contributed by atoms with E-state index in [0.717, 1.165) is 10.2 Å². The van der Waals surface area contributed by atoms with Gasteiger partial charge >= 0.3 is 0 Å². The lowest BCUT2D eigenvalue weighted by Crippen LogP contribution is -1.98. The smallest absolute Gasteiger partial charge is 0.162 e. The number of aromatic nitrogens is 3. The van der Waals surface area contributed by atoms with Crippen molar-refractivity contribution < 1.29 is 14.6 Å². The van der Waals surface area contributed by atoms with E-state index in [1.807, 2.05) is 34.9 Å². The minimum Gasteiger partial charge on any atom is -0.507 e. The second-order valence-corrected chi connectivity index (χ2v) is 6.89. The Balaban J connectivity index is 1.88. The highest BCUT2D eigenvalue weighted by Crippen LogP contribution is 2.38. The van der Waals surface area contributed by atoms with E-state index in [4.69, 9.17) is 9.47 Å². The lowest BCUT2D eigenvalue weighted by molar-refractivity contribution is 0.355. The molecule has 0 unspecified atom stereocenters. The molecule has 4 rings (SSSR count). The van der Waals surface area contributed by atoms with E-state index in [1.165, 1.54) is 0 Å². The summed E-state index contributed by atoms with van der Waals surface area (Å²) < 4.78 is 13.4. The molecule has 2 N–H and O–H groups in total. The number of methoxy groups -OCH3 is 2. The van der Waals surface area contributed by atoms with Crippen molar-refractivity contribution in [3.05, 3.63) is 59.5 Å².